The van der Waals surface area contributed by atoms with Crippen LogP contribution in [0.4, 0.5) is 0 Å². The smallest absolute Gasteiger partial charge is 0.251 e. The van der Waals surface area contributed by atoms with Gasteiger partial charge in [-0.05, 0) is 59.3 Å². The molecule has 2 aromatic rings. The Bertz CT molecular complexity index is 750. The number of carbonyl (C=O) groups is 2. The Morgan fingerprint density at radius 3 is 2.41 bits per heavy atom. The zero-order chi connectivity index (χ0) is 19.6. The monoisotopic (exact) mass is 385 g/mol. The summed E-state index contributed by atoms with van der Waals surface area (Å²) >= 11 is 1.67. The number of nitrogens with zero attached hydrogens (tertiary/aromatic N) is 1. The molecule has 1 heterocycles. The number of thiophene rings is 1. The van der Waals surface area contributed by atoms with Crippen molar-refractivity contribution in [3.05, 3.63) is 63.9 Å². The van der Waals surface area contributed by atoms with Crippen LogP contribution in [0.25, 0.3) is 6.08 Å². The van der Waals surface area contributed by atoms with Gasteiger partial charge in [0.05, 0.1) is 6.04 Å². The number of hydrogen-bond acceptors (Lipinski definition) is 4. The molecule has 0 aliphatic rings. The van der Waals surface area contributed by atoms with Crippen LogP contribution in [0.2, 0.25) is 0 Å². The Hall–Kier alpha value is -2.44. The highest BCUT2D eigenvalue weighted by atomic mass is 32.1. The minimum atomic E-state index is -0.127. The lowest BCUT2D eigenvalue weighted by Gasteiger charge is -2.29. The van der Waals surface area contributed by atoms with E-state index in [2.05, 4.69) is 46.2 Å². The molecule has 0 bridgehead atoms. The molecule has 144 valence electrons. The third-order valence-electron chi connectivity index (χ3n) is 4.48. The largest absolute Gasteiger partial charge is 0.355 e. The molecule has 1 aromatic heterocycles. The van der Waals surface area contributed by atoms with Gasteiger partial charge >= 0.3 is 0 Å². The predicted octanol–water partition coefficient (Wildman–Crippen LogP) is 3.32. The first kappa shape index (κ1) is 20.9. The molecule has 0 fully saturated rings. The van der Waals surface area contributed by atoms with Gasteiger partial charge in [-0.25, -0.2) is 0 Å². The van der Waals surface area contributed by atoms with E-state index in [0.717, 1.165) is 18.7 Å². The van der Waals surface area contributed by atoms with Crippen molar-refractivity contribution < 1.29 is 9.59 Å². The number of hydrogen-bond donors (Lipinski definition) is 2. The average Bonchev–Trinajstić information content (AvgIpc) is 3.23. The summed E-state index contributed by atoms with van der Waals surface area (Å²) < 4.78 is 0. The molecule has 0 spiro atoms. The van der Waals surface area contributed by atoms with Crippen molar-refractivity contribution in [3.8, 4) is 0 Å². The number of nitrogens with one attached hydrogen (secondary N) is 2. The Kier molecular flexibility index (Phi) is 8.23. The fraction of sp³-hybridized carbons (Fsp3) is 0.333. The van der Waals surface area contributed by atoms with Gasteiger partial charge in [-0.2, -0.15) is 11.3 Å². The van der Waals surface area contributed by atoms with Crippen LogP contribution in [0.1, 0.15) is 41.4 Å². The van der Waals surface area contributed by atoms with Gasteiger partial charge in [-0.1, -0.05) is 26.0 Å². The lowest BCUT2D eigenvalue weighted by Crippen LogP contribution is -2.37. The third-order valence-corrected chi connectivity index (χ3v) is 5.18. The summed E-state index contributed by atoms with van der Waals surface area (Å²) in [4.78, 5) is 26.1. The fourth-order valence-corrected chi connectivity index (χ4v) is 3.61. The summed E-state index contributed by atoms with van der Waals surface area (Å²) in [7, 11) is 1.60. The molecule has 2 rings (SSSR count). The van der Waals surface area contributed by atoms with E-state index in [-0.39, 0.29) is 17.9 Å². The van der Waals surface area contributed by atoms with Crippen molar-refractivity contribution in [3.63, 3.8) is 0 Å². The number of carbonyl (C=O) groups excluding carboxylic acids is 2. The molecule has 0 radical (unpaired) electrons. The van der Waals surface area contributed by atoms with Crippen LogP contribution in [0.3, 0.4) is 0 Å². The average molecular weight is 386 g/mol. The second-order valence-electron chi connectivity index (χ2n) is 6.07. The lowest BCUT2D eigenvalue weighted by molar-refractivity contribution is -0.116. The van der Waals surface area contributed by atoms with Crippen LogP contribution >= 0.6 is 11.3 Å². The Labute approximate surface area is 165 Å². The first-order valence-corrected chi connectivity index (χ1v) is 10.1. The van der Waals surface area contributed by atoms with E-state index in [4.69, 9.17) is 0 Å². The minimum absolute atomic E-state index is 0.126. The van der Waals surface area contributed by atoms with E-state index in [9.17, 15) is 9.59 Å². The molecule has 6 heteroatoms. The second-order valence-corrected chi connectivity index (χ2v) is 6.85. The number of benzene rings is 1. The fourth-order valence-electron chi connectivity index (χ4n) is 2.90. The highest BCUT2D eigenvalue weighted by Crippen LogP contribution is 2.22. The lowest BCUT2D eigenvalue weighted by atomic mass is 10.1. The van der Waals surface area contributed by atoms with Crippen LogP contribution in [-0.2, 0) is 4.79 Å². The number of amides is 2. The van der Waals surface area contributed by atoms with Crippen molar-refractivity contribution >= 4 is 29.2 Å². The van der Waals surface area contributed by atoms with Crippen molar-refractivity contribution in [2.45, 2.75) is 19.9 Å². The van der Waals surface area contributed by atoms with Gasteiger partial charge in [0, 0.05) is 25.2 Å². The summed E-state index contributed by atoms with van der Waals surface area (Å²) in [5.41, 5.74) is 2.70. The molecule has 0 saturated heterocycles. The molecular formula is C21H27N3O2S. The maximum Gasteiger partial charge on any atom is 0.251 e. The van der Waals surface area contributed by atoms with Gasteiger partial charge in [-0.3, -0.25) is 14.5 Å². The van der Waals surface area contributed by atoms with Crippen molar-refractivity contribution in [1.82, 2.24) is 15.5 Å². The summed E-state index contributed by atoms with van der Waals surface area (Å²) in [6.07, 6.45) is 3.28. The maximum atomic E-state index is 12.2. The van der Waals surface area contributed by atoms with E-state index in [1.807, 2.05) is 12.1 Å². The first-order chi connectivity index (χ1) is 13.1. The number of rotatable bonds is 9. The van der Waals surface area contributed by atoms with Crippen molar-refractivity contribution in [2.75, 3.05) is 26.7 Å². The minimum Gasteiger partial charge on any atom is -0.355 e. The zero-order valence-electron chi connectivity index (χ0n) is 16.1. The Morgan fingerprint density at radius 1 is 1.15 bits per heavy atom. The molecule has 1 aromatic carbocycles. The van der Waals surface area contributed by atoms with Gasteiger partial charge in [0.25, 0.3) is 5.91 Å². The van der Waals surface area contributed by atoms with Crippen LogP contribution in [0, 0.1) is 0 Å². The van der Waals surface area contributed by atoms with E-state index >= 15 is 0 Å². The molecule has 5 nitrogen and oxygen atoms in total. The van der Waals surface area contributed by atoms with Crippen LogP contribution in [0.5, 0.6) is 0 Å². The highest BCUT2D eigenvalue weighted by molar-refractivity contribution is 7.07. The van der Waals surface area contributed by atoms with Crippen LogP contribution in [0.15, 0.2) is 47.2 Å². The van der Waals surface area contributed by atoms with E-state index < -0.39 is 0 Å². The molecule has 27 heavy (non-hydrogen) atoms. The molecule has 2 N–H and O–H groups in total. The number of likely N-dealkylation sites (N-methyl/N-ethyl adjacent to an activating group) is 1. The SMILES string of the molecule is CCN(CC)C(CNC(=O)/C=C/c1ccc(C(=O)NC)cc1)c1ccsc1. The van der Waals surface area contributed by atoms with Gasteiger partial charge < -0.3 is 10.6 Å². The van der Waals surface area contributed by atoms with Gasteiger partial charge in [-0.15, -0.1) is 0 Å². The molecule has 1 atom stereocenters. The van der Waals surface area contributed by atoms with Crippen molar-refractivity contribution in [1.29, 1.82) is 0 Å². The topological polar surface area (TPSA) is 61.4 Å². The normalized spacial score (nSPS) is 12.3. The van der Waals surface area contributed by atoms with Crippen LogP contribution < -0.4 is 10.6 Å². The second kappa shape index (κ2) is 10.6. The standard InChI is InChI=1S/C21H27N3O2S/c1-4-24(5-2)19(18-12-13-27-15-18)14-23-20(25)11-8-16-6-9-17(10-7-16)21(26)22-3/h6-13,15,19H,4-5,14H2,1-3H3,(H,22,26)(H,23,25)/b11-8+. The maximum absolute atomic E-state index is 12.2. The van der Waals surface area contributed by atoms with E-state index in [1.165, 1.54) is 11.6 Å². The van der Waals surface area contributed by atoms with Crippen molar-refractivity contribution in [2.24, 2.45) is 0 Å². The molecule has 0 aliphatic heterocycles. The summed E-state index contributed by atoms with van der Waals surface area (Å²) in [5, 5.41) is 9.79. The van der Waals surface area contributed by atoms with E-state index in [1.54, 1.807) is 36.6 Å². The van der Waals surface area contributed by atoms with Gasteiger partial charge in [0.15, 0.2) is 0 Å². The predicted molar refractivity (Wildman–Crippen MR) is 112 cm³/mol. The molecule has 0 saturated carbocycles. The highest BCUT2D eigenvalue weighted by Gasteiger charge is 2.18. The molecule has 1 unspecified atom stereocenters. The Morgan fingerprint density at radius 2 is 1.85 bits per heavy atom. The third kappa shape index (κ3) is 6.05. The van der Waals surface area contributed by atoms with Crippen LogP contribution in [-0.4, -0.2) is 43.4 Å². The quantitative estimate of drug-likeness (QED) is 0.651. The summed E-state index contributed by atoms with van der Waals surface area (Å²) in [5.74, 6) is -0.253. The first-order valence-electron chi connectivity index (χ1n) is 9.13. The molecule has 0 aliphatic carbocycles. The molecule has 2 amide bonds. The Balaban J connectivity index is 1.95. The summed E-state index contributed by atoms with van der Waals surface area (Å²) in [6.45, 7) is 6.69. The summed E-state index contributed by atoms with van der Waals surface area (Å²) in [6, 6.07) is 9.41. The van der Waals surface area contributed by atoms with Gasteiger partial charge in [0.1, 0.15) is 0 Å². The molecular weight excluding hydrogens is 358 g/mol. The zero-order valence-corrected chi connectivity index (χ0v) is 16.9. The van der Waals surface area contributed by atoms with Gasteiger partial charge in [0.2, 0.25) is 5.91 Å². The van der Waals surface area contributed by atoms with E-state index in [0.29, 0.717) is 12.1 Å².